The van der Waals surface area contributed by atoms with Crippen LogP contribution in [0.25, 0.3) is 0 Å². The van der Waals surface area contributed by atoms with Crippen LogP contribution in [0.15, 0.2) is 54.6 Å². The maximum atomic E-state index is 13.0. The van der Waals surface area contributed by atoms with E-state index in [4.69, 9.17) is 0 Å². The molecule has 0 saturated heterocycles. The number of nitrogens with one attached hydrogen (secondary N) is 2. The zero-order valence-electron chi connectivity index (χ0n) is 14.6. The Hall–Kier alpha value is -3.28. The Balaban J connectivity index is 1.71. The number of carbonyl (C=O) groups excluding carboxylic acids is 1. The van der Waals surface area contributed by atoms with Crippen LogP contribution >= 0.6 is 0 Å². The molecule has 2 N–H and O–H groups in total. The van der Waals surface area contributed by atoms with Crippen molar-refractivity contribution in [3.8, 4) is 0 Å². The van der Waals surface area contributed by atoms with Crippen molar-refractivity contribution in [3.05, 3.63) is 82.9 Å². The highest BCUT2D eigenvalue weighted by Crippen LogP contribution is 2.12. The smallest absolute Gasteiger partial charge is 0.274 e. The second-order valence-corrected chi connectivity index (χ2v) is 6.02. The highest BCUT2D eigenvalue weighted by molar-refractivity contribution is 6.03. The van der Waals surface area contributed by atoms with Crippen molar-refractivity contribution in [1.29, 1.82) is 0 Å². The first kappa shape index (κ1) is 17.5. The molecule has 0 aliphatic heterocycles. The Labute approximate surface area is 151 Å². The molecule has 1 aromatic heterocycles. The first-order valence-corrected chi connectivity index (χ1v) is 8.21. The van der Waals surface area contributed by atoms with Crippen LogP contribution in [-0.4, -0.2) is 15.9 Å². The molecule has 26 heavy (non-hydrogen) atoms. The fraction of sp³-hybridized carbons (Fsp3) is 0.150. The van der Waals surface area contributed by atoms with Gasteiger partial charge in [0.15, 0.2) is 0 Å². The molecule has 0 fully saturated rings. The molecule has 5 nitrogen and oxygen atoms in total. The fourth-order valence-electron chi connectivity index (χ4n) is 2.38. The standard InChI is InChI=1S/C20H19FN4O/c1-13-3-5-15(6-4-13)12-22-20-23-14(2)11-18(25-20)19(26)24-17-9-7-16(21)8-10-17/h3-11H,12H2,1-2H3,(H,24,26)(H,22,23,25). The first-order valence-electron chi connectivity index (χ1n) is 8.21. The number of benzene rings is 2. The summed E-state index contributed by atoms with van der Waals surface area (Å²) in [7, 11) is 0. The van der Waals surface area contributed by atoms with Crippen LogP contribution in [0.4, 0.5) is 16.0 Å². The van der Waals surface area contributed by atoms with Gasteiger partial charge in [-0.05, 0) is 49.7 Å². The van der Waals surface area contributed by atoms with Crippen molar-refractivity contribution in [1.82, 2.24) is 9.97 Å². The Morgan fingerprint density at radius 2 is 1.69 bits per heavy atom. The van der Waals surface area contributed by atoms with Gasteiger partial charge >= 0.3 is 0 Å². The minimum atomic E-state index is -0.375. The number of anilines is 2. The summed E-state index contributed by atoms with van der Waals surface area (Å²) in [6, 6.07) is 15.3. The van der Waals surface area contributed by atoms with Gasteiger partial charge in [-0.1, -0.05) is 29.8 Å². The van der Waals surface area contributed by atoms with Crippen molar-refractivity contribution in [3.63, 3.8) is 0 Å². The van der Waals surface area contributed by atoms with Gasteiger partial charge in [-0.25, -0.2) is 14.4 Å². The Bertz CT molecular complexity index is 908. The van der Waals surface area contributed by atoms with E-state index in [1.807, 2.05) is 31.2 Å². The van der Waals surface area contributed by atoms with E-state index in [1.54, 1.807) is 13.0 Å². The predicted molar refractivity (Wildman–Crippen MR) is 99.6 cm³/mol. The number of aryl methyl sites for hydroxylation is 2. The second kappa shape index (κ2) is 7.74. The van der Waals surface area contributed by atoms with E-state index in [9.17, 15) is 9.18 Å². The van der Waals surface area contributed by atoms with Crippen LogP contribution in [0.3, 0.4) is 0 Å². The van der Waals surface area contributed by atoms with Gasteiger partial charge in [0.25, 0.3) is 5.91 Å². The molecule has 1 amide bonds. The summed E-state index contributed by atoms with van der Waals surface area (Å²) in [6.45, 7) is 4.39. The molecule has 6 heteroatoms. The van der Waals surface area contributed by atoms with Crippen LogP contribution in [0.5, 0.6) is 0 Å². The SMILES string of the molecule is Cc1ccc(CNc2nc(C)cc(C(=O)Nc3ccc(F)cc3)n2)cc1. The average molecular weight is 350 g/mol. The van der Waals surface area contributed by atoms with Crippen molar-refractivity contribution in [2.24, 2.45) is 0 Å². The lowest BCUT2D eigenvalue weighted by molar-refractivity contribution is 0.102. The number of carbonyl (C=O) groups is 1. The lowest BCUT2D eigenvalue weighted by Gasteiger charge is -2.09. The molecule has 3 rings (SSSR count). The molecule has 0 aliphatic rings. The van der Waals surface area contributed by atoms with Crippen LogP contribution in [0.1, 0.15) is 27.3 Å². The Kier molecular flexibility index (Phi) is 5.22. The molecule has 0 spiro atoms. The van der Waals surface area contributed by atoms with Gasteiger partial charge in [0.05, 0.1) is 0 Å². The normalized spacial score (nSPS) is 10.4. The first-order chi connectivity index (χ1) is 12.5. The average Bonchev–Trinajstić information content (AvgIpc) is 2.63. The third-order valence-corrected chi connectivity index (χ3v) is 3.76. The molecule has 0 atom stereocenters. The van der Waals surface area contributed by atoms with Gasteiger partial charge < -0.3 is 10.6 Å². The zero-order valence-corrected chi connectivity index (χ0v) is 14.6. The molecule has 2 aromatic carbocycles. The van der Waals surface area contributed by atoms with Gasteiger partial charge in [-0.15, -0.1) is 0 Å². The van der Waals surface area contributed by atoms with Crippen LogP contribution < -0.4 is 10.6 Å². The summed E-state index contributed by atoms with van der Waals surface area (Å²) in [5.41, 5.74) is 3.71. The molecule has 3 aromatic rings. The number of nitrogens with zero attached hydrogens (tertiary/aromatic N) is 2. The molecule has 0 unspecified atom stereocenters. The number of hydrogen-bond donors (Lipinski definition) is 2. The van der Waals surface area contributed by atoms with E-state index in [1.165, 1.54) is 29.8 Å². The summed E-state index contributed by atoms with van der Waals surface area (Å²) in [5.74, 6) is -0.348. The molecule has 1 heterocycles. The quantitative estimate of drug-likeness (QED) is 0.727. The summed E-state index contributed by atoms with van der Waals surface area (Å²) in [6.07, 6.45) is 0. The predicted octanol–water partition coefficient (Wildman–Crippen LogP) is 4.10. The van der Waals surface area contributed by atoms with Gasteiger partial charge in [-0.3, -0.25) is 4.79 Å². The van der Waals surface area contributed by atoms with E-state index >= 15 is 0 Å². The zero-order chi connectivity index (χ0) is 18.5. The summed E-state index contributed by atoms with van der Waals surface area (Å²) in [5, 5.41) is 5.83. The Morgan fingerprint density at radius 3 is 2.38 bits per heavy atom. The number of aromatic nitrogens is 2. The summed E-state index contributed by atoms with van der Waals surface area (Å²) < 4.78 is 13.0. The summed E-state index contributed by atoms with van der Waals surface area (Å²) in [4.78, 5) is 21.0. The largest absolute Gasteiger partial charge is 0.350 e. The Morgan fingerprint density at radius 1 is 1.00 bits per heavy atom. The monoisotopic (exact) mass is 350 g/mol. The maximum Gasteiger partial charge on any atom is 0.274 e. The topological polar surface area (TPSA) is 66.9 Å². The molecular formula is C20H19FN4O. The maximum absolute atomic E-state index is 13.0. The number of halogens is 1. The number of hydrogen-bond acceptors (Lipinski definition) is 4. The number of amides is 1. The summed E-state index contributed by atoms with van der Waals surface area (Å²) >= 11 is 0. The van der Waals surface area contributed by atoms with Crippen molar-refractivity contribution < 1.29 is 9.18 Å². The van der Waals surface area contributed by atoms with Gasteiger partial charge in [0.2, 0.25) is 5.95 Å². The molecule has 0 radical (unpaired) electrons. The van der Waals surface area contributed by atoms with Crippen molar-refractivity contribution >= 4 is 17.5 Å². The highest BCUT2D eigenvalue weighted by atomic mass is 19.1. The third-order valence-electron chi connectivity index (χ3n) is 3.76. The minimum absolute atomic E-state index is 0.244. The molecule has 0 aliphatic carbocycles. The molecule has 132 valence electrons. The van der Waals surface area contributed by atoms with E-state index in [0.29, 0.717) is 23.9 Å². The highest BCUT2D eigenvalue weighted by Gasteiger charge is 2.11. The van der Waals surface area contributed by atoms with Crippen LogP contribution in [0, 0.1) is 19.7 Å². The van der Waals surface area contributed by atoms with Gasteiger partial charge in [-0.2, -0.15) is 0 Å². The molecule has 0 saturated carbocycles. The van der Waals surface area contributed by atoms with Crippen LogP contribution in [0.2, 0.25) is 0 Å². The van der Waals surface area contributed by atoms with Crippen molar-refractivity contribution in [2.75, 3.05) is 10.6 Å². The van der Waals surface area contributed by atoms with E-state index in [2.05, 4.69) is 20.6 Å². The molecular weight excluding hydrogens is 331 g/mol. The van der Waals surface area contributed by atoms with Gasteiger partial charge in [0.1, 0.15) is 11.5 Å². The second-order valence-electron chi connectivity index (χ2n) is 6.02. The van der Waals surface area contributed by atoms with Crippen LogP contribution in [-0.2, 0) is 6.54 Å². The van der Waals surface area contributed by atoms with E-state index < -0.39 is 0 Å². The van der Waals surface area contributed by atoms with E-state index in [-0.39, 0.29) is 17.4 Å². The number of rotatable bonds is 5. The lowest BCUT2D eigenvalue weighted by atomic mass is 10.1. The van der Waals surface area contributed by atoms with E-state index in [0.717, 1.165) is 5.56 Å². The fourth-order valence-corrected chi connectivity index (χ4v) is 2.38. The minimum Gasteiger partial charge on any atom is -0.350 e. The third kappa shape index (κ3) is 4.63. The lowest BCUT2D eigenvalue weighted by Crippen LogP contribution is -2.16. The van der Waals surface area contributed by atoms with Crippen molar-refractivity contribution in [2.45, 2.75) is 20.4 Å². The van der Waals surface area contributed by atoms with Gasteiger partial charge in [0, 0.05) is 17.9 Å². The molecule has 0 bridgehead atoms.